The van der Waals surface area contributed by atoms with Crippen LogP contribution in [0, 0.1) is 0 Å². The molecule has 3 N–H and O–H groups in total. The Kier molecular flexibility index (Phi) is 4.79. The first-order valence-corrected chi connectivity index (χ1v) is 8.80. The number of fused-ring (bicyclic) bond motifs is 1. The molecule has 0 bridgehead atoms. The molecule has 2 aromatic rings. The summed E-state index contributed by atoms with van der Waals surface area (Å²) in [5.41, 5.74) is 0.868. The molecule has 0 aliphatic rings. The molecule has 0 aliphatic heterocycles. The number of pyridine rings is 1. The minimum Gasteiger partial charge on any atom is -0.337 e. The number of carbonyl (C=O) groups excluding carboxylic acids is 1. The van der Waals surface area contributed by atoms with Crippen molar-refractivity contribution in [2.45, 2.75) is 26.3 Å². The fourth-order valence-electron chi connectivity index (χ4n) is 1.90. The van der Waals surface area contributed by atoms with Gasteiger partial charge in [-0.25, -0.2) is 17.7 Å². The monoisotopic (exact) mass is 339 g/mol. The van der Waals surface area contributed by atoms with Gasteiger partial charge in [0, 0.05) is 24.5 Å². The van der Waals surface area contributed by atoms with Gasteiger partial charge in [-0.1, -0.05) is 0 Å². The van der Waals surface area contributed by atoms with Crippen LogP contribution in [0.4, 0.5) is 10.5 Å². The van der Waals surface area contributed by atoms with Gasteiger partial charge in [0.1, 0.15) is 0 Å². The lowest BCUT2D eigenvalue weighted by molar-refractivity contribution is 0.232. The number of nitrogens with zero attached hydrogens (tertiary/aromatic N) is 2. The Morgan fingerprint density at radius 2 is 2.04 bits per heavy atom. The van der Waals surface area contributed by atoms with Crippen molar-refractivity contribution in [2.24, 2.45) is 0 Å². The maximum atomic E-state index is 12.0. The van der Waals surface area contributed by atoms with Gasteiger partial charge in [-0.3, -0.25) is 4.72 Å². The van der Waals surface area contributed by atoms with E-state index in [1.165, 1.54) is 0 Å². The first-order chi connectivity index (χ1) is 10.6. The van der Waals surface area contributed by atoms with Crippen molar-refractivity contribution >= 4 is 27.3 Å². The minimum absolute atomic E-state index is 0.0200. The highest BCUT2D eigenvalue weighted by Gasteiger charge is 2.15. The van der Waals surface area contributed by atoms with Gasteiger partial charge in [0.25, 0.3) is 0 Å². The van der Waals surface area contributed by atoms with Crippen LogP contribution in [0.3, 0.4) is 0 Å². The quantitative estimate of drug-likeness (QED) is 0.760. The zero-order valence-corrected chi connectivity index (χ0v) is 14.1. The lowest BCUT2D eigenvalue weighted by Gasteiger charge is -2.20. The predicted octanol–water partition coefficient (Wildman–Crippen LogP) is 1.17. The van der Waals surface area contributed by atoms with Crippen LogP contribution in [-0.4, -0.2) is 41.9 Å². The molecule has 0 radical (unpaired) electrons. The number of carbonyl (C=O) groups is 1. The number of amides is 2. The Balaban J connectivity index is 1.88. The van der Waals surface area contributed by atoms with Gasteiger partial charge >= 0.3 is 6.03 Å². The number of nitrogens with one attached hydrogen (secondary N) is 3. The maximum Gasteiger partial charge on any atom is 0.315 e. The topological polar surface area (TPSA) is 105 Å². The SMILES string of the molecule is CC(C)(C)NC(=O)NCCS(=O)(=O)Nc1ccn2nccc2c1. The molecule has 126 valence electrons. The van der Waals surface area contributed by atoms with Crippen LogP contribution in [0.15, 0.2) is 30.6 Å². The van der Waals surface area contributed by atoms with E-state index in [2.05, 4.69) is 20.5 Å². The van der Waals surface area contributed by atoms with E-state index in [-0.39, 0.29) is 17.8 Å². The van der Waals surface area contributed by atoms with E-state index in [1.807, 2.05) is 20.8 Å². The Morgan fingerprint density at radius 1 is 1.30 bits per heavy atom. The van der Waals surface area contributed by atoms with Crippen LogP contribution in [0.5, 0.6) is 0 Å². The van der Waals surface area contributed by atoms with Gasteiger partial charge in [-0.2, -0.15) is 5.10 Å². The van der Waals surface area contributed by atoms with Gasteiger partial charge in [-0.05, 0) is 39.0 Å². The lowest BCUT2D eigenvalue weighted by Crippen LogP contribution is -2.47. The molecular formula is C14H21N5O3S. The highest BCUT2D eigenvalue weighted by atomic mass is 32.2. The Hall–Kier alpha value is -2.29. The molecular weight excluding hydrogens is 318 g/mol. The summed E-state index contributed by atoms with van der Waals surface area (Å²) >= 11 is 0. The van der Waals surface area contributed by atoms with E-state index >= 15 is 0 Å². The van der Waals surface area contributed by atoms with Gasteiger partial charge < -0.3 is 10.6 Å². The van der Waals surface area contributed by atoms with E-state index < -0.39 is 16.1 Å². The van der Waals surface area contributed by atoms with E-state index in [4.69, 9.17) is 0 Å². The van der Waals surface area contributed by atoms with Crippen molar-refractivity contribution < 1.29 is 13.2 Å². The number of hydrogen-bond acceptors (Lipinski definition) is 4. The second-order valence-corrected chi connectivity index (χ2v) is 8.01. The summed E-state index contributed by atoms with van der Waals surface area (Å²) < 4.78 is 28.2. The first kappa shape index (κ1) is 17.1. The zero-order valence-electron chi connectivity index (χ0n) is 13.3. The minimum atomic E-state index is -3.55. The van der Waals surface area contributed by atoms with Gasteiger partial charge in [-0.15, -0.1) is 0 Å². The van der Waals surface area contributed by atoms with Crippen molar-refractivity contribution in [3.05, 3.63) is 30.6 Å². The highest BCUT2D eigenvalue weighted by molar-refractivity contribution is 7.92. The van der Waals surface area contributed by atoms with Crippen molar-refractivity contribution in [1.29, 1.82) is 0 Å². The normalized spacial score (nSPS) is 12.1. The first-order valence-electron chi connectivity index (χ1n) is 7.15. The molecule has 0 spiro atoms. The smallest absolute Gasteiger partial charge is 0.315 e. The molecule has 0 saturated carbocycles. The van der Waals surface area contributed by atoms with E-state index in [0.29, 0.717) is 5.69 Å². The summed E-state index contributed by atoms with van der Waals surface area (Å²) in [7, 11) is -3.55. The van der Waals surface area contributed by atoms with E-state index in [9.17, 15) is 13.2 Å². The van der Waals surface area contributed by atoms with Crippen LogP contribution < -0.4 is 15.4 Å². The Bertz CT molecular complexity index is 792. The van der Waals surface area contributed by atoms with Crippen molar-refractivity contribution in [1.82, 2.24) is 20.2 Å². The molecule has 2 rings (SSSR count). The molecule has 0 aromatic carbocycles. The van der Waals surface area contributed by atoms with E-state index in [0.717, 1.165) is 5.52 Å². The number of aromatic nitrogens is 2. The van der Waals surface area contributed by atoms with Gasteiger partial charge in [0.15, 0.2) is 0 Å². The van der Waals surface area contributed by atoms with Crippen LogP contribution in [-0.2, 0) is 10.0 Å². The van der Waals surface area contributed by atoms with Gasteiger partial charge in [0.2, 0.25) is 10.0 Å². The number of hydrogen-bond donors (Lipinski definition) is 3. The summed E-state index contributed by atoms with van der Waals surface area (Å²) in [6, 6.07) is 4.69. The molecule has 8 nitrogen and oxygen atoms in total. The molecule has 0 atom stereocenters. The fraction of sp³-hybridized carbons (Fsp3) is 0.429. The molecule has 2 heterocycles. The molecule has 0 saturated heterocycles. The lowest BCUT2D eigenvalue weighted by atomic mass is 10.1. The third-order valence-electron chi connectivity index (χ3n) is 2.82. The number of sulfonamides is 1. The van der Waals surface area contributed by atoms with E-state index in [1.54, 1.807) is 35.1 Å². The van der Waals surface area contributed by atoms with Crippen LogP contribution in [0.1, 0.15) is 20.8 Å². The summed E-state index contributed by atoms with van der Waals surface area (Å²) in [6.45, 7) is 5.55. The fourth-order valence-corrected chi connectivity index (χ4v) is 2.86. The third kappa shape index (κ3) is 5.44. The van der Waals surface area contributed by atoms with Crippen LogP contribution in [0.25, 0.3) is 5.52 Å². The Labute approximate surface area is 135 Å². The molecule has 9 heteroatoms. The zero-order chi connectivity index (χ0) is 17.1. The summed E-state index contributed by atoms with van der Waals surface area (Å²) in [5.74, 6) is -0.213. The molecule has 2 amide bonds. The maximum absolute atomic E-state index is 12.0. The van der Waals surface area contributed by atoms with Crippen molar-refractivity contribution in [3.63, 3.8) is 0 Å². The molecule has 2 aromatic heterocycles. The highest BCUT2D eigenvalue weighted by Crippen LogP contribution is 2.12. The average Bonchev–Trinajstić information content (AvgIpc) is 2.82. The standard InChI is InChI=1S/C14H21N5O3S/c1-14(2,3)17-13(20)15-7-9-23(21,22)18-11-5-8-19-12(10-11)4-6-16-19/h4-6,8,10,18H,7,9H2,1-3H3,(H2,15,17,20). The average molecular weight is 339 g/mol. The predicted molar refractivity (Wildman–Crippen MR) is 88.9 cm³/mol. The second-order valence-electron chi connectivity index (χ2n) is 6.17. The van der Waals surface area contributed by atoms with Crippen molar-refractivity contribution in [3.8, 4) is 0 Å². The number of anilines is 1. The van der Waals surface area contributed by atoms with Crippen LogP contribution >= 0.6 is 0 Å². The summed E-state index contributed by atoms with van der Waals surface area (Å²) in [5, 5.41) is 9.26. The summed E-state index contributed by atoms with van der Waals surface area (Å²) in [6.07, 6.45) is 3.30. The Morgan fingerprint density at radius 3 is 2.74 bits per heavy atom. The van der Waals surface area contributed by atoms with Crippen molar-refractivity contribution in [2.75, 3.05) is 17.0 Å². The number of rotatable bonds is 5. The third-order valence-corrected chi connectivity index (χ3v) is 4.11. The molecule has 0 aliphatic carbocycles. The van der Waals surface area contributed by atoms with Gasteiger partial charge in [0.05, 0.1) is 17.0 Å². The summed E-state index contributed by atoms with van der Waals surface area (Å²) in [4.78, 5) is 11.6. The van der Waals surface area contributed by atoms with Crippen LogP contribution in [0.2, 0.25) is 0 Å². The molecule has 0 unspecified atom stereocenters. The molecule has 0 fully saturated rings. The number of urea groups is 1. The molecule has 23 heavy (non-hydrogen) atoms. The largest absolute Gasteiger partial charge is 0.337 e. The second kappa shape index (κ2) is 6.45.